The molecular formula is C12H15F3N6O2S. The second-order valence-electron chi connectivity index (χ2n) is 4.96. The van der Waals surface area contributed by atoms with Crippen LogP contribution in [0.25, 0.3) is 10.3 Å². The van der Waals surface area contributed by atoms with Gasteiger partial charge in [-0.15, -0.1) is 11.3 Å². The lowest BCUT2D eigenvalue weighted by atomic mass is 10.2. The van der Waals surface area contributed by atoms with Crippen molar-refractivity contribution in [2.75, 3.05) is 30.3 Å². The summed E-state index contributed by atoms with van der Waals surface area (Å²) in [6.45, 7) is 5.00. The van der Waals surface area contributed by atoms with Gasteiger partial charge in [0.25, 0.3) is 0 Å². The molecule has 0 saturated carbocycles. The van der Waals surface area contributed by atoms with Gasteiger partial charge in [0.05, 0.1) is 5.51 Å². The van der Waals surface area contributed by atoms with E-state index in [1.807, 2.05) is 0 Å². The van der Waals surface area contributed by atoms with Crippen LogP contribution in [0.3, 0.4) is 0 Å². The van der Waals surface area contributed by atoms with Crippen LogP contribution < -0.4 is 16.0 Å². The summed E-state index contributed by atoms with van der Waals surface area (Å²) in [5, 5.41) is 10.5. The predicted molar refractivity (Wildman–Crippen MR) is 83.0 cm³/mol. The van der Waals surface area contributed by atoms with Crippen LogP contribution in [0.4, 0.5) is 24.9 Å². The van der Waals surface area contributed by atoms with Crippen molar-refractivity contribution in [2.45, 2.75) is 19.1 Å². The van der Waals surface area contributed by atoms with Crippen molar-refractivity contribution in [3.63, 3.8) is 0 Å². The maximum Gasteiger partial charge on any atom is 0.490 e. The summed E-state index contributed by atoms with van der Waals surface area (Å²) in [6, 6.07) is 0.392. The fourth-order valence-corrected chi connectivity index (χ4v) is 2.78. The number of piperazine rings is 1. The van der Waals surface area contributed by atoms with Crippen LogP contribution in [0.5, 0.6) is 0 Å². The van der Waals surface area contributed by atoms with E-state index in [9.17, 15) is 13.2 Å². The number of aromatic nitrogens is 3. The van der Waals surface area contributed by atoms with Gasteiger partial charge in [-0.2, -0.15) is 18.2 Å². The number of hydrogen-bond acceptors (Lipinski definition) is 8. The van der Waals surface area contributed by atoms with Gasteiger partial charge in [-0.05, 0) is 6.92 Å². The normalized spacial score (nSPS) is 18.2. The lowest BCUT2D eigenvalue weighted by Crippen LogP contribution is -2.50. The molecule has 1 aliphatic heterocycles. The summed E-state index contributed by atoms with van der Waals surface area (Å²) in [6.07, 6.45) is -5.08. The molecular weight excluding hydrogens is 349 g/mol. The fourth-order valence-electron chi connectivity index (χ4n) is 2.12. The summed E-state index contributed by atoms with van der Waals surface area (Å²) in [5.74, 6) is -1.57. The van der Waals surface area contributed by atoms with E-state index in [-0.39, 0.29) is 0 Å². The monoisotopic (exact) mass is 364 g/mol. The van der Waals surface area contributed by atoms with E-state index in [1.54, 1.807) is 5.51 Å². The Hall–Kier alpha value is -2.21. The Balaban J connectivity index is 0.000000256. The Kier molecular flexibility index (Phi) is 5.39. The second kappa shape index (κ2) is 7.13. The number of halogens is 3. The van der Waals surface area contributed by atoms with Gasteiger partial charge in [0.2, 0.25) is 5.95 Å². The molecule has 0 aliphatic carbocycles. The van der Waals surface area contributed by atoms with Crippen LogP contribution in [0.15, 0.2) is 5.51 Å². The minimum atomic E-state index is -5.08. The standard InChI is InChI=1S/C10H14N6S.C2HF3O2/c1-6-4-12-2-3-16(6)8-7-9(17-5-13-7)15-10(11)14-8;3-2(4,5)1(6)7/h5-6,12H,2-4H2,1H3,(H2,11,14,15);(H,6,7)/t6-;/m1./s1. The number of nitrogens with one attached hydrogen (secondary N) is 1. The first-order valence-corrected chi connectivity index (χ1v) is 7.72. The molecule has 0 bridgehead atoms. The maximum absolute atomic E-state index is 10.6. The second-order valence-corrected chi connectivity index (χ2v) is 5.79. The molecule has 2 aromatic rings. The summed E-state index contributed by atoms with van der Waals surface area (Å²) in [4.78, 5) is 24.9. The van der Waals surface area contributed by atoms with E-state index in [4.69, 9.17) is 15.6 Å². The number of alkyl halides is 3. The number of fused-ring (bicyclic) bond motifs is 1. The maximum atomic E-state index is 10.6. The third-order valence-electron chi connectivity index (χ3n) is 3.21. The molecule has 132 valence electrons. The van der Waals surface area contributed by atoms with E-state index in [0.717, 1.165) is 35.8 Å². The van der Waals surface area contributed by atoms with Crippen molar-refractivity contribution in [3.8, 4) is 0 Å². The Morgan fingerprint density at radius 1 is 1.50 bits per heavy atom. The fraction of sp³-hybridized carbons (Fsp3) is 0.500. The minimum absolute atomic E-state index is 0.322. The molecule has 3 rings (SSSR count). The molecule has 4 N–H and O–H groups in total. The lowest BCUT2D eigenvalue weighted by molar-refractivity contribution is -0.192. The molecule has 2 aromatic heterocycles. The van der Waals surface area contributed by atoms with Crippen molar-refractivity contribution in [1.82, 2.24) is 20.3 Å². The number of hydrogen-bond donors (Lipinski definition) is 3. The number of carbonyl (C=O) groups is 1. The molecule has 1 fully saturated rings. The van der Waals surface area contributed by atoms with Crippen LogP contribution in [0.2, 0.25) is 0 Å². The molecule has 0 radical (unpaired) electrons. The molecule has 0 amide bonds. The molecule has 24 heavy (non-hydrogen) atoms. The molecule has 3 heterocycles. The van der Waals surface area contributed by atoms with E-state index >= 15 is 0 Å². The number of nitrogens with two attached hydrogens (primary N) is 1. The van der Waals surface area contributed by atoms with Crippen LogP contribution in [0.1, 0.15) is 6.92 Å². The number of carboxylic acid groups (broad SMARTS) is 1. The largest absolute Gasteiger partial charge is 0.490 e. The zero-order valence-electron chi connectivity index (χ0n) is 12.5. The van der Waals surface area contributed by atoms with E-state index < -0.39 is 12.1 Å². The topological polar surface area (TPSA) is 117 Å². The summed E-state index contributed by atoms with van der Waals surface area (Å²) < 4.78 is 31.7. The zero-order valence-corrected chi connectivity index (χ0v) is 13.4. The van der Waals surface area contributed by atoms with Crippen molar-refractivity contribution >= 4 is 39.4 Å². The van der Waals surface area contributed by atoms with Gasteiger partial charge >= 0.3 is 12.1 Å². The number of aliphatic carboxylic acids is 1. The van der Waals surface area contributed by atoms with Crippen molar-refractivity contribution < 1.29 is 23.1 Å². The predicted octanol–water partition coefficient (Wildman–Crippen LogP) is 1.10. The molecule has 0 spiro atoms. The number of nitrogen functional groups attached to an aromatic ring is 1. The smallest absolute Gasteiger partial charge is 0.475 e. The first kappa shape index (κ1) is 18.1. The highest BCUT2D eigenvalue weighted by molar-refractivity contribution is 7.16. The first-order chi connectivity index (χ1) is 11.2. The number of rotatable bonds is 1. The van der Waals surface area contributed by atoms with Gasteiger partial charge in [-0.3, -0.25) is 0 Å². The number of carboxylic acids is 1. The van der Waals surface area contributed by atoms with Crippen molar-refractivity contribution in [3.05, 3.63) is 5.51 Å². The molecule has 1 saturated heterocycles. The highest BCUT2D eigenvalue weighted by Gasteiger charge is 2.38. The number of thiazole rings is 1. The van der Waals surface area contributed by atoms with Crippen molar-refractivity contribution in [2.24, 2.45) is 0 Å². The molecule has 0 unspecified atom stereocenters. The Morgan fingerprint density at radius 2 is 2.17 bits per heavy atom. The highest BCUT2D eigenvalue weighted by atomic mass is 32.1. The van der Waals surface area contributed by atoms with E-state index in [1.165, 1.54) is 11.3 Å². The molecule has 12 heteroatoms. The molecule has 1 atom stereocenters. The van der Waals surface area contributed by atoms with Gasteiger partial charge in [-0.25, -0.2) is 14.8 Å². The average Bonchev–Trinajstić information content (AvgIpc) is 2.94. The van der Waals surface area contributed by atoms with Gasteiger partial charge < -0.3 is 21.1 Å². The Morgan fingerprint density at radius 3 is 2.75 bits per heavy atom. The number of anilines is 2. The van der Waals surface area contributed by atoms with Crippen LogP contribution >= 0.6 is 11.3 Å². The van der Waals surface area contributed by atoms with E-state index in [2.05, 4.69) is 32.1 Å². The van der Waals surface area contributed by atoms with Crippen molar-refractivity contribution in [1.29, 1.82) is 0 Å². The third-order valence-corrected chi connectivity index (χ3v) is 3.93. The molecule has 0 aromatic carbocycles. The van der Waals surface area contributed by atoms with Crippen LogP contribution in [-0.4, -0.2) is 57.9 Å². The quantitative estimate of drug-likeness (QED) is 0.689. The summed E-state index contributed by atoms with van der Waals surface area (Å²) in [5.41, 5.74) is 8.40. The van der Waals surface area contributed by atoms with Gasteiger partial charge in [-0.1, -0.05) is 0 Å². The Bertz CT molecular complexity index is 722. The van der Waals surface area contributed by atoms with Gasteiger partial charge in [0.1, 0.15) is 5.52 Å². The highest BCUT2D eigenvalue weighted by Crippen LogP contribution is 2.27. The average molecular weight is 364 g/mol. The van der Waals surface area contributed by atoms with Crippen LogP contribution in [0, 0.1) is 0 Å². The minimum Gasteiger partial charge on any atom is -0.475 e. The Labute approximate surface area is 138 Å². The SMILES string of the molecule is C[C@@H]1CNCCN1c1nc(N)nc2scnc12.O=C(O)C(F)(F)F. The first-order valence-electron chi connectivity index (χ1n) is 6.84. The molecule has 8 nitrogen and oxygen atoms in total. The summed E-state index contributed by atoms with van der Waals surface area (Å²) in [7, 11) is 0. The lowest BCUT2D eigenvalue weighted by Gasteiger charge is -2.34. The third kappa shape index (κ3) is 4.20. The van der Waals surface area contributed by atoms with Gasteiger partial charge in [0, 0.05) is 25.7 Å². The van der Waals surface area contributed by atoms with Gasteiger partial charge in [0.15, 0.2) is 10.6 Å². The molecule has 1 aliphatic rings. The number of nitrogens with zero attached hydrogens (tertiary/aromatic N) is 4. The van der Waals surface area contributed by atoms with Crippen LogP contribution in [-0.2, 0) is 4.79 Å². The summed E-state index contributed by atoms with van der Waals surface area (Å²) >= 11 is 1.50. The zero-order chi connectivity index (χ0) is 17.9. The van der Waals surface area contributed by atoms with E-state index in [0.29, 0.717) is 12.0 Å².